The smallest absolute Gasteiger partial charge is 0.135 e. The van der Waals surface area contributed by atoms with Gasteiger partial charge in [-0.15, -0.1) is 41.9 Å². The Labute approximate surface area is 568 Å². The molecule has 95 heavy (non-hydrogen) atoms. The number of rotatable bonds is 10. The summed E-state index contributed by atoms with van der Waals surface area (Å²) in [5, 5.41) is 2.20. The molecule has 0 amide bonds. The maximum atomic E-state index is 7.16. The number of anilines is 4. The summed E-state index contributed by atoms with van der Waals surface area (Å²) < 4.78 is 9.39. The zero-order chi connectivity index (χ0) is 62.7. The van der Waals surface area contributed by atoms with Crippen molar-refractivity contribution in [3.05, 3.63) is 356 Å². The number of benzene rings is 13. The molecule has 0 saturated carbocycles. The molecule has 456 valence electrons. The van der Waals surface area contributed by atoms with E-state index in [-0.39, 0.29) is 26.5 Å². The quantitative estimate of drug-likeness (QED) is 0.128. The summed E-state index contributed by atoms with van der Waals surface area (Å²) in [5.74, 6) is 1.99. The van der Waals surface area contributed by atoms with Crippen molar-refractivity contribution >= 4 is 44.6 Å². The third kappa shape index (κ3) is 9.43. The first-order valence-corrected chi connectivity index (χ1v) is 32.3. The number of pyridine rings is 1. The normalized spacial score (nSPS) is 13.1. The third-order valence-corrected chi connectivity index (χ3v) is 19.5. The molecule has 0 bridgehead atoms. The molecule has 1 aliphatic carbocycles. The molecule has 13 aromatic carbocycles. The molecule has 18 rings (SSSR count). The Morgan fingerprint density at radius 2 is 0.853 bits per heavy atom. The molecule has 3 aliphatic rings. The van der Waals surface area contributed by atoms with E-state index in [9.17, 15) is 0 Å². The summed E-state index contributed by atoms with van der Waals surface area (Å²) in [6.07, 6.45) is 1.92. The first-order chi connectivity index (χ1) is 46.2. The Bertz CT molecular complexity index is 5190. The number of hydrogen-bond acceptors (Lipinski definition) is 4. The van der Waals surface area contributed by atoms with E-state index in [4.69, 9.17) is 9.72 Å². The van der Waals surface area contributed by atoms with Crippen LogP contribution < -0.4 is 14.5 Å². The molecule has 4 heterocycles. The first kappa shape index (κ1) is 57.8. The first-order valence-electron chi connectivity index (χ1n) is 32.3. The van der Waals surface area contributed by atoms with Gasteiger partial charge in [0, 0.05) is 77.9 Å². The van der Waals surface area contributed by atoms with E-state index in [2.05, 4.69) is 351 Å². The number of fused-ring (bicyclic) bond motifs is 12. The minimum absolute atomic E-state index is 0. The van der Waals surface area contributed by atoms with E-state index in [1.165, 1.54) is 33.4 Å². The van der Waals surface area contributed by atoms with Crippen LogP contribution in [-0.4, -0.2) is 9.55 Å². The Morgan fingerprint density at radius 1 is 0.379 bits per heavy atom. The van der Waals surface area contributed by atoms with Gasteiger partial charge in [0.25, 0.3) is 0 Å². The van der Waals surface area contributed by atoms with E-state index >= 15 is 0 Å². The molecule has 0 radical (unpaired) electrons. The zero-order valence-corrected chi connectivity index (χ0v) is 54.8. The molecule has 0 atom stereocenters. The van der Waals surface area contributed by atoms with E-state index in [1.807, 2.05) is 12.3 Å². The summed E-state index contributed by atoms with van der Waals surface area (Å²) in [6.45, 7) is 9.05. The minimum atomic E-state index is -0.727. The second-order valence-electron chi connectivity index (χ2n) is 25.9. The van der Waals surface area contributed by atoms with Gasteiger partial charge in [0.15, 0.2) is 0 Å². The summed E-state index contributed by atoms with van der Waals surface area (Å²) in [5.41, 5.74) is 27.2. The van der Waals surface area contributed by atoms with Crippen LogP contribution in [-0.2, 0) is 31.9 Å². The van der Waals surface area contributed by atoms with E-state index < -0.39 is 5.41 Å². The van der Waals surface area contributed by atoms with Crippen LogP contribution in [0.25, 0.3) is 106 Å². The molecule has 5 nitrogen and oxygen atoms in total. The predicted molar refractivity (Wildman–Crippen MR) is 386 cm³/mol. The maximum Gasteiger partial charge on any atom is 0.135 e. The van der Waals surface area contributed by atoms with Gasteiger partial charge < -0.3 is 19.1 Å². The summed E-state index contributed by atoms with van der Waals surface area (Å²) >= 11 is 0. The van der Waals surface area contributed by atoms with Gasteiger partial charge in [-0.05, 0) is 160 Å². The van der Waals surface area contributed by atoms with Gasteiger partial charge in [-0.25, -0.2) is 4.98 Å². The SMILES string of the molecule is CC(C)(C)c1ccnc(-n2c3[c-]c(Oc4[c-]c5c(cc4)C4(c6ccccc6-c6ccccc64)c4cccc6c4N5[CH-]N6c4c(-c5cc(-c6ccccc6)cc(-c6ccccc6)c5)cccc4-c4cc(-c5ccccc5)cc(-c5ccccc5)c4)ccc3c3ccccc32)c1.[Pt]. The van der Waals surface area contributed by atoms with Gasteiger partial charge in [-0.2, -0.15) is 12.1 Å². The van der Waals surface area contributed by atoms with Crippen molar-refractivity contribution in [1.29, 1.82) is 0 Å². The van der Waals surface area contributed by atoms with Gasteiger partial charge in [0.05, 0.1) is 0 Å². The van der Waals surface area contributed by atoms with Crippen molar-refractivity contribution in [2.45, 2.75) is 31.6 Å². The zero-order valence-electron chi connectivity index (χ0n) is 52.5. The van der Waals surface area contributed by atoms with Crippen LogP contribution in [0.1, 0.15) is 48.6 Å². The molecular weight excluding hydrogens is 1340 g/mol. The largest absolute Gasteiger partial charge is 0.509 e. The van der Waals surface area contributed by atoms with Crippen LogP contribution in [0.15, 0.2) is 310 Å². The minimum Gasteiger partial charge on any atom is -0.509 e. The van der Waals surface area contributed by atoms with Gasteiger partial charge in [0.1, 0.15) is 5.82 Å². The van der Waals surface area contributed by atoms with Crippen LogP contribution in [0.5, 0.6) is 11.5 Å². The fourth-order valence-corrected chi connectivity index (χ4v) is 15.2. The number of aromatic nitrogens is 2. The predicted octanol–water partition coefficient (Wildman–Crippen LogP) is 23.0. The Hall–Kier alpha value is -11.1. The van der Waals surface area contributed by atoms with Crippen molar-refractivity contribution in [2.24, 2.45) is 0 Å². The number of ether oxygens (including phenoxy) is 1. The van der Waals surface area contributed by atoms with Crippen LogP contribution in [0.2, 0.25) is 0 Å². The van der Waals surface area contributed by atoms with Gasteiger partial charge in [-0.1, -0.05) is 250 Å². The molecule has 15 aromatic rings. The molecular formula is C89H61N4OPt-3. The Kier molecular flexibility index (Phi) is 13.9. The van der Waals surface area contributed by atoms with Crippen LogP contribution >= 0.6 is 0 Å². The molecule has 0 saturated heterocycles. The van der Waals surface area contributed by atoms with Crippen molar-refractivity contribution in [3.8, 4) is 95.2 Å². The molecule has 2 aliphatic heterocycles. The van der Waals surface area contributed by atoms with Gasteiger partial charge in [-0.3, -0.25) is 0 Å². The Morgan fingerprint density at radius 3 is 1.42 bits per heavy atom. The van der Waals surface area contributed by atoms with E-state index in [0.29, 0.717) is 11.5 Å². The summed E-state index contributed by atoms with van der Waals surface area (Å²) in [6, 6.07) is 118. The van der Waals surface area contributed by atoms with Crippen LogP contribution in [0.4, 0.5) is 22.7 Å². The molecule has 2 aromatic heterocycles. The van der Waals surface area contributed by atoms with Gasteiger partial charge >= 0.3 is 0 Å². The van der Waals surface area contributed by atoms with E-state index in [1.54, 1.807) is 0 Å². The van der Waals surface area contributed by atoms with Crippen molar-refractivity contribution in [3.63, 3.8) is 0 Å². The average molecular weight is 1400 g/mol. The monoisotopic (exact) mass is 1400 g/mol. The molecule has 6 heteroatoms. The standard InChI is InChI=1S/C89H61N4O.Pt/c1-88(2,3)68-46-47-90-85(54-68)93-81-40-21-18-34-75(81)76-44-42-69(55-83(76)93)94-70-43-45-79-84(56-70)92-57-91(82-41-23-39-80(87(82)92)89(79)77-37-19-16-32-73(77)74-33-17-20-38-78(74)89)86-71(66-50-62(58-24-8-4-9-25-58)48-63(51-66)59-26-10-5-11-27-59)35-22-36-72(86)67-52-64(60-28-12-6-13-29-60)49-65(53-67)61-30-14-7-15-31-61;/h4-54,57H,1-3H3;/q-3;. The summed E-state index contributed by atoms with van der Waals surface area (Å²) in [4.78, 5) is 9.85. The van der Waals surface area contributed by atoms with E-state index in [0.717, 1.165) is 123 Å². The van der Waals surface area contributed by atoms with Gasteiger partial charge in [0.2, 0.25) is 0 Å². The van der Waals surface area contributed by atoms with Crippen LogP contribution in [0, 0.1) is 18.8 Å². The fraction of sp³-hybridized carbons (Fsp3) is 0.0562. The number of nitrogens with zero attached hydrogens (tertiary/aromatic N) is 4. The molecule has 1 spiro atoms. The molecule has 0 N–H and O–H groups in total. The topological polar surface area (TPSA) is 33.5 Å². The summed E-state index contributed by atoms with van der Waals surface area (Å²) in [7, 11) is 0. The van der Waals surface area contributed by atoms with Crippen molar-refractivity contribution in [2.75, 3.05) is 9.80 Å². The van der Waals surface area contributed by atoms with Crippen molar-refractivity contribution in [1.82, 2.24) is 9.55 Å². The fourth-order valence-electron chi connectivity index (χ4n) is 15.2. The average Bonchev–Trinajstić information content (AvgIpc) is 1.51. The number of para-hydroxylation sites is 3. The molecule has 0 unspecified atom stereocenters. The van der Waals surface area contributed by atoms with Crippen molar-refractivity contribution < 1.29 is 25.8 Å². The maximum absolute atomic E-state index is 7.16. The second-order valence-corrected chi connectivity index (χ2v) is 25.9. The van der Waals surface area contributed by atoms with Crippen LogP contribution in [0.3, 0.4) is 0 Å². The molecule has 0 fully saturated rings. The number of hydrogen-bond donors (Lipinski definition) is 0. The third-order valence-electron chi connectivity index (χ3n) is 19.5. The Balaban J connectivity index is 0.00000684. The second kappa shape index (κ2) is 22.9.